The van der Waals surface area contributed by atoms with E-state index in [4.69, 9.17) is 24.1 Å². The highest BCUT2D eigenvalue weighted by Crippen LogP contribution is 2.42. The van der Waals surface area contributed by atoms with Crippen molar-refractivity contribution < 1.29 is 77.8 Å². The number of carboxylic acids is 4. The summed E-state index contributed by atoms with van der Waals surface area (Å²) < 4.78 is 16.6. The first kappa shape index (κ1) is 48.9. The normalized spacial score (nSPS) is 11.8. The van der Waals surface area contributed by atoms with Crippen LogP contribution in [0.3, 0.4) is 0 Å². The average molecular weight is 895 g/mol. The van der Waals surface area contributed by atoms with Crippen LogP contribution in [0, 0.1) is 0 Å². The largest absolute Gasteiger partial charge is 0.508 e. The van der Waals surface area contributed by atoms with Crippen LogP contribution in [0.1, 0.15) is 42.5 Å². The molecule has 0 radical (unpaired) electrons. The van der Waals surface area contributed by atoms with Crippen LogP contribution in [0.5, 0.6) is 5.75 Å². The maximum Gasteiger partial charge on any atom is 0.336 e. The zero-order valence-corrected chi connectivity index (χ0v) is 34.0. The lowest BCUT2D eigenvalue weighted by molar-refractivity contribution is -0.141. The minimum Gasteiger partial charge on any atom is -0.508 e. The topological polar surface area (TPSA) is 359 Å². The first-order chi connectivity index (χ1) is 30.5. The predicted octanol–water partition coefficient (Wildman–Crippen LogP) is 1.60. The first-order valence-corrected chi connectivity index (χ1v) is 19.6. The van der Waals surface area contributed by atoms with E-state index in [-0.39, 0.29) is 111 Å². The molecule has 1 aliphatic heterocycles. The number of phenols is 1. The van der Waals surface area contributed by atoms with Crippen molar-refractivity contribution in [2.75, 3.05) is 51.4 Å². The Labute approximate surface area is 362 Å². The summed E-state index contributed by atoms with van der Waals surface area (Å²) in [6.07, 6.45) is -1.67. The van der Waals surface area contributed by atoms with Crippen LogP contribution < -0.4 is 37.3 Å². The molecule has 2 atom stereocenters. The molecule has 0 aromatic heterocycles. The van der Waals surface area contributed by atoms with E-state index in [2.05, 4.69) is 21.3 Å². The number of aliphatic carboxylic acids is 3. The minimum atomic E-state index is -1.58. The van der Waals surface area contributed by atoms with Crippen LogP contribution in [0.2, 0.25) is 0 Å². The van der Waals surface area contributed by atoms with E-state index in [1.54, 1.807) is 6.07 Å². The van der Waals surface area contributed by atoms with Crippen LogP contribution in [0.4, 0.5) is 15.3 Å². The Hall–Kier alpha value is -7.79. The van der Waals surface area contributed by atoms with Crippen molar-refractivity contribution in [3.8, 4) is 28.2 Å². The number of fused-ring (bicyclic) bond motifs is 2. The summed E-state index contributed by atoms with van der Waals surface area (Å²) in [4.78, 5) is 107. The molecule has 2 aliphatic rings. The van der Waals surface area contributed by atoms with E-state index in [1.165, 1.54) is 48.5 Å². The van der Waals surface area contributed by atoms with Crippen molar-refractivity contribution in [3.63, 3.8) is 0 Å². The SMILES string of the molecule is O=C(O)CC[C@H](NC(=O)N[C@@H](CCC(=O)NCCNC(=O)CCOCCOCCNC(=O)Nc1ccc(-c2c3ccc(=O)cc-3oc3cc(O)ccc23)c(C(=O)O)c1)C(=O)O)C(=O)O. The lowest BCUT2D eigenvalue weighted by Crippen LogP contribution is -2.51. The molecule has 64 heavy (non-hydrogen) atoms. The maximum atomic E-state index is 12.6. The van der Waals surface area contributed by atoms with Crippen LogP contribution in [0.15, 0.2) is 63.8 Å². The number of carboxylic acid groups (broad SMARTS) is 4. The van der Waals surface area contributed by atoms with Gasteiger partial charge in [0.15, 0.2) is 5.43 Å². The first-order valence-electron chi connectivity index (χ1n) is 19.6. The molecule has 11 N–H and O–H groups in total. The van der Waals surface area contributed by atoms with Crippen LogP contribution in [-0.2, 0) is 33.4 Å². The number of hydrogen-bond acceptors (Lipinski definition) is 13. The molecule has 0 bridgehead atoms. The van der Waals surface area contributed by atoms with Gasteiger partial charge in [-0.15, -0.1) is 0 Å². The summed E-state index contributed by atoms with van der Waals surface area (Å²) in [5.74, 6) is -6.42. The van der Waals surface area contributed by atoms with Gasteiger partial charge < -0.3 is 71.3 Å². The number of carbonyl (C=O) groups excluding carboxylic acids is 4. The Morgan fingerprint density at radius 3 is 1.89 bits per heavy atom. The lowest BCUT2D eigenvalue weighted by Gasteiger charge is -2.18. The monoisotopic (exact) mass is 894 g/mol. The zero-order chi connectivity index (χ0) is 46.8. The number of carbonyl (C=O) groups is 8. The van der Waals surface area contributed by atoms with Gasteiger partial charge in [0, 0.05) is 73.2 Å². The Balaban J connectivity index is 1.08. The maximum absolute atomic E-state index is 12.6. The van der Waals surface area contributed by atoms with Gasteiger partial charge in [-0.05, 0) is 54.8 Å². The second-order valence-electron chi connectivity index (χ2n) is 13.8. The molecule has 0 saturated carbocycles. The zero-order valence-electron chi connectivity index (χ0n) is 34.0. The molecule has 342 valence electrons. The average Bonchev–Trinajstić information content (AvgIpc) is 3.23. The van der Waals surface area contributed by atoms with Gasteiger partial charge in [-0.3, -0.25) is 19.2 Å². The van der Waals surface area contributed by atoms with Gasteiger partial charge in [-0.2, -0.15) is 0 Å². The van der Waals surface area contributed by atoms with Crippen molar-refractivity contribution in [1.29, 1.82) is 0 Å². The second-order valence-corrected chi connectivity index (χ2v) is 13.8. The standard InChI is InChI=1S/C41H46N6O17/c48-23-2-5-26-31(20-23)64-32-21-24(49)3-6-27(32)36(26)25-4-1-22(19-28(25)37(54)55)45-40(60)44-14-16-63-18-17-62-15-11-34(51)43-13-12-42-33(50)9-7-29(38(56)57)46-41(61)47-30(39(58)59)8-10-35(52)53/h1-6,19-21,29-30,48H,7-18H2,(H,42,50)(H,43,51)(H,52,53)(H,54,55)(H,56,57)(H,58,59)(H2,44,45,60)(H2,46,47,61)/t29-,30-/m0/s1. The van der Waals surface area contributed by atoms with E-state index in [0.29, 0.717) is 16.5 Å². The quantitative estimate of drug-likeness (QED) is 0.0332. The van der Waals surface area contributed by atoms with Gasteiger partial charge in [0.1, 0.15) is 29.2 Å². The van der Waals surface area contributed by atoms with Gasteiger partial charge in [-0.25, -0.2) is 24.0 Å². The number of urea groups is 2. The summed E-state index contributed by atoms with van der Waals surface area (Å²) in [6, 6.07) is 7.89. The van der Waals surface area contributed by atoms with Gasteiger partial charge in [0.25, 0.3) is 0 Å². The van der Waals surface area contributed by atoms with Crippen LogP contribution in [-0.4, -0.2) is 131 Å². The number of hydrogen-bond donors (Lipinski definition) is 11. The Morgan fingerprint density at radius 1 is 0.625 bits per heavy atom. The number of anilines is 1. The Bertz CT molecular complexity index is 2380. The fraction of sp³-hybridized carbons (Fsp3) is 0.341. The minimum absolute atomic E-state index is 0.00548. The number of nitrogens with one attached hydrogen (secondary N) is 6. The van der Waals surface area contributed by atoms with Crippen molar-refractivity contribution in [2.24, 2.45) is 0 Å². The number of ether oxygens (including phenoxy) is 2. The molecule has 1 heterocycles. The van der Waals surface area contributed by atoms with E-state index < -0.39 is 66.8 Å². The van der Waals surface area contributed by atoms with Gasteiger partial charge >= 0.3 is 35.9 Å². The lowest BCUT2D eigenvalue weighted by atomic mass is 9.90. The number of amides is 6. The number of aromatic carboxylic acids is 1. The number of phenolic OH excluding ortho intramolecular Hbond substituents is 1. The number of aromatic hydroxyl groups is 1. The number of rotatable bonds is 25. The third-order valence-corrected chi connectivity index (χ3v) is 9.11. The molecule has 0 spiro atoms. The Morgan fingerprint density at radius 2 is 1.25 bits per heavy atom. The van der Waals surface area contributed by atoms with E-state index in [1.807, 2.05) is 10.6 Å². The highest BCUT2D eigenvalue weighted by molar-refractivity contribution is 6.08. The number of benzene rings is 3. The Kier molecular flexibility index (Phi) is 18.3. The highest BCUT2D eigenvalue weighted by atomic mass is 16.5. The summed E-state index contributed by atoms with van der Waals surface area (Å²) in [6.45, 7) is 0.593. The highest BCUT2D eigenvalue weighted by Gasteiger charge is 2.26. The van der Waals surface area contributed by atoms with Crippen LogP contribution in [0.25, 0.3) is 33.4 Å². The van der Waals surface area contributed by atoms with Crippen molar-refractivity contribution >= 4 is 64.4 Å². The van der Waals surface area contributed by atoms with Gasteiger partial charge in [-0.1, -0.05) is 6.07 Å². The predicted molar refractivity (Wildman–Crippen MR) is 223 cm³/mol. The summed E-state index contributed by atoms with van der Waals surface area (Å²) in [5.41, 5.74) is 1.15. The molecule has 23 heteroatoms. The molecule has 6 amide bonds. The van der Waals surface area contributed by atoms with Gasteiger partial charge in [0.05, 0.1) is 32.0 Å². The second kappa shape index (κ2) is 24.0. The van der Waals surface area contributed by atoms with Crippen molar-refractivity contribution in [2.45, 2.75) is 44.2 Å². The third kappa shape index (κ3) is 15.3. The van der Waals surface area contributed by atoms with Crippen molar-refractivity contribution in [3.05, 3.63) is 70.4 Å². The third-order valence-electron chi connectivity index (χ3n) is 9.11. The molecular weight excluding hydrogens is 848 g/mol. The molecule has 0 unspecified atom stereocenters. The molecule has 23 nitrogen and oxygen atoms in total. The molecule has 4 rings (SSSR count). The van der Waals surface area contributed by atoms with Crippen molar-refractivity contribution in [1.82, 2.24) is 26.6 Å². The fourth-order valence-electron chi connectivity index (χ4n) is 6.06. The summed E-state index contributed by atoms with van der Waals surface area (Å²) in [5, 5.41) is 62.1. The molecule has 0 saturated heterocycles. The van der Waals surface area contributed by atoms with E-state index in [9.17, 15) is 58.5 Å². The summed E-state index contributed by atoms with van der Waals surface area (Å²) in [7, 11) is 0. The van der Waals surface area contributed by atoms with Crippen LogP contribution >= 0.6 is 0 Å². The molecular formula is C41H46N6O17. The summed E-state index contributed by atoms with van der Waals surface area (Å²) >= 11 is 0. The molecule has 2 aromatic rings. The van der Waals surface area contributed by atoms with Gasteiger partial charge in [0.2, 0.25) is 11.8 Å². The molecule has 2 aromatic carbocycles. The fourth-order valence-corrected chi connectivity index (χ4v) is 6.06. The molecule has 1 aliphatic carbocycles. The van der Waals surface area contributed by atoms with E-state index >= 15 is 0 Å². The smallest absolute Gasteiger partial charge is 0.336 e. The van der Waals surface area contributed by atoms with E-state index in [0.717, 1.165) is 0 Å². The molecule has 0 fully saturated rings.